The fourth-order valence-electron chi connectivity index (χ4n) is 0.972. The van der Waals surface area contributed by atoms with E-state index in [1.807, 2.05) is 0 Å². The topological polar surface area (TPSA) is 61.5 Å². The van der Waals surface area contributed by atoms with Crippen LogP contribution in [0.15, 0.2) is 18.2 Å². The highest BCUT2D eigenvalue weighted by atomic mass is 19.1. The summed E-state index contributed by atoms with van der Waals surface area (Å²) in [7, 11) is 1.50. The van der Waals surface area contributed by atoms with Gasteiger partial charge in [-0.15, -0.1) is 0 Å². The molecule has 0 aromatic heterocycles. The quantitative estimate of drug-likeness (QED) is 0.464. The Hall–Kier alpha value is -1.62. The zero-order chi connectivity index (χ0) is 11.3. The number of nitrogens with two attached hydrogens (primary N) is 1. The minimum atomic E-state index is -0.552. The first-order valence-corrected chi connectivity index (χ1v) is 4.36. The van der Waals surface area contributed by atoms with Crippen molar-refractivity contribution < 1.29 is 18.7 Å². The first-order chi connectivity index (χ1) is 7.15. The van der Waals surface area contributed by atoms with E-state index in [4.69, 9.17) is 15.2 Å². The van der Waals surface area contributed by atoms with E-state index in [0.717, 1.165) is 6.07 Å². The van der Waals surface area contributed by atoms with Crippen LogP contribution in [0.1, 0.15) is 10.4 Å². The number of anilines is 1. The van der Waals surface area contributed by atoms with Gasteiger partial charge in [-0.2, -0.15) is 0 Å². The zero-order valence-electron chi connectivity index (χ0n) is 8.33. The van der Waals surface area contributed by atoms with E-state index >= 15 is 0 Å². The van der Waals surface area contributed by atoms with Crippen molar-refractivity contribution in [2.24, 2.45) is 0 Å². The third kappa shape index (κ3) is 3.21. The van der Waals surface area contributed by atoms with Crippen LogP contribution in [0.25, 0.3) is 0 Å². The molecule has 2 N–H and O–H groups in total. The Morgan fingerprint density at radius 3 is 2.80 bits per heavy atom. The van der Waals surface area contributed by atoms with Gasteiger partial charge in [0.1, 0.15) is 12.4 Å². The maximum atomic E-state index is 12.8. The second-order valence-electron chi connectivity index (χ2n) is 2.87. The molecule has 4 nitrogen and oxygen atoms in total. The Labute approximate surface area is 86.8 Å². The molecule has 0 radical (unpaired) electrons. The molecule has 0 bridgehead atoms. The molecule has 1 rings (SSSR count). The number of nitrogen functional groups attached to an aromatic ring is 1. The Kier molecular flexibility index (Phi) is 4.05. The van der Waals surface area contributed by atoms with Crippen molar-refractivity contribution in [1.29, 1.82) is 0 Å². The number of esters is 1. The van der Waals surface area contributed by atoms with Crippen LogP contribution >= 0.6 is 0 Å². The van der Waals surface area contributed by atoms with Crippen molar-refractivity contribution in [1.82, 2.24) is 0 Å². The molecule has 0 heterocycles. The van der Waals surface area contributed by atoms with Crippen LogP contribution in [-0.4, -0.2) is 26.3 Å². The van der Waals surface area contributed by atoms with Crippen LogP contribution in [0.2, 0.25) is 0 Å². The summed E-state index contributed by atoms with van der Waals surface area (Å²) in [4.78, 5) is 11.3. The molecule has 0 aliphatic carbocycles. The number of halogens is 1. The van der Waals surface area contributed by atoms with Crippen molar-refractivity contribution in [3.05, 3.63) is 29.6 Å². The van der Waals surface area contributed by atoms with Crippen LogP contribution in [-0.2, 0) is 9.47 Å². The molecule has 82 valence electrons. The van der Waals surface area contributed by atoms with Crippen molar-refractivity contribution in [2.75, 3.05) is 26.1 Å². The van der Waals surface area contributed by atoms with Gasteiger partial charge < -0.3 is 15.2 Å². The van der Waals surface area contributed by atoms with Gasteiger partial charge in [-0.05, 0) is 18.2 Å². The Morgan fingerprint density at radius 2 is 2.20 bits per heavy atom. The monoisotopic (exact) mass is 213 g/mol. The van der Waals surface area contributed by atoms with Gasteiger partial charge in [0.15, 0.2) is 0 Å². The van der Waals surface area contributed by atoms with Crippen LogP contribution in [0.3, 0.4) is 0 Å². The Morgan fingerprint density at radius 1 is 1.47 bits per heavy atom. The summed E-state index contributed by atoms with van der Waals surface area (Å²) in [5.41, 5.74) is 5.46. The average molecular weight is 213 g/mol. The van der Waals surface area contributed by atoms with E-state index in [1.165, 1.54) is 19.2 Å². The molecule has 1 aromatic rings. The largest absolute Gasteiger partial charge is 0.460 e. The van der Waals surface area contributed by atoms with Crippen LogP contribution in [0, 0.1) is 5.82 Å². The van der Waals surface area contributed by atoms with E-state index in [-0.39, 0.29) is 17.9 Å². The predicted molar refractivity (Wildman–Crippen MR) is 53.0 cm³/mol. The third-order valence-electron chi connectivity index (χ3n) is 1.75. The minimum absolute atomic E-state index is 0.0730. The van der Waals surface area contributed by atoms with Gasteiger partial charge >= 0.3 is 5.97 Å². The summed E-state index contributed by atoms with van der Waals surface area (Å²) in [5, 5.41) is 0. The summed E-state index contributed by atoms with van der Waals surface area (Å²) in [6, 6.07) is 3.69. The van der Waals surface area contributed by atoms with E-state index in [1.54, 1.807) is 0 Å². The summed E-state index contributed by atoms with van der Waals surface area (Å²) in [5.74, 6) is -1.10. The maximum Gasteiger partial charge on any atom is 0.338 e. The normalized spacial score (nSPS) is 10.0. The van der Waals surface area contributed by atoms with Crippen molar-refractivity contribution in [3.8, 4) is 0 Å². The van der Waals surface area contributed by atoms with Crippen LogP contribution < -0.4 is 5.73 Å². The molecular weight excluding hydrogens is 201 g/mol. The van der Waals surface area contributed by atoms with Gasteiger partial charge in [0.05, 0.1) is 17.9 Å². The van der Waals surface area contributed by atoms with E-state index < -0.39 is 11.8 Å². The molecule has 0 saturated carbocycles. The van der Waals surface area contributed by atoms with Gasteiger partial charge in [-0.3, -0.25) is 0 Å². The number of benzene rings is 1. The first kappa shape index (κ1) is 11.5. The number of hydrogen-bond acceptors (Lipinski definition) is 4. The zero-order valence-corrected chi connectivity index (χ0v) is 8.33. The highest BCUT2D eigenvalue weighted by Crippen LogP contribution is 2.12. The first-order valence-electron chi connectivity index (χ1n) is 4.36. The van der Waals surface area contributed by atoms with Gasteiger partial charge in [-0.1, -0.05) is 0 Å². The van der Waals surface area contributed by atoms with E-state index in [2.05, 4.69) is 0 Å². The number of carbonyl (C=O) groups excluding carboxylic acids is 1. The molecule has 0 spiro atoms. The second kappa shape index (κ2) is 5.31. The molecule has 0 atom stereocenters. The van der Waals surface area contributed by atoms with Gasteiger partial charge in [0.2, 0.25) is 0 Å². The third-order valence-corrected chi connectivity index (χ3v) is 1.75. The lowest BCUT2D eigenvalue weighted by molar-refractivity contribution is 0.0388. The van der Waals surface area contributed by atoms with Crippen LogP contribution in [0.4, 0.5) is 10.1 Å². The summed E-state index contributed by atoms with van der Waals surface area (Å²) in [6.45, 7) is 0.481. The average Bonchev–Trinajstić information content (AvgIpc) is 2.22. The molecule has 1 aromatic carbocycles. The number of ether oxygens (including phenoxy) is 2. The van der Waals surface area contributed by atoms with E-state index in [9.17, 15) is 9.18 Å². The van der Waals surface area contributed by atoms with Crippen molar-refractivity contribution in [2.45, 2.75) is 0 Å². The maximum absolute atomic E-state index is 12.8. The SMILES string of the molecule is COCCOC(=O)c1ccc(F)c(N)c1. The lowest BCUT2D eigenvalue weighted by atomic mass is 10.2. The Bertz CT molecular complexity index is 355. The van der Waals surface area contributed by atoms with E-state index in [0.29, 0.717) is 6.61 Å². The fraction of sp³-hybridized carbons (Fsp3) is 0.300. The number of carbonyl (C=O) groups is 1. The molecule has 0 unspecified atom stereocenters. The summed E-state index contributed by atoms with van der Waals surface area (Å²) < 4.78 is 22.3. The number of methoxy groups -OCH3 is 1. The van der Waals surface area contributed by atoms with Crippen molar-refractivity contribution in [3.63, 3.8) is 0 Å². The smallest absolute Gasteiger partial charge is 0.338 e. The molecule has 0 amide bonds. The fourth-order valence-corrected chi connectivity index (χ4v) is 0.972. The highest BCUT2D eigenvalue weighted by Gasteiger charge is 2.08. The second-order valence-corrected chi connectivity index (χ2v) is 2.87. The molecule has 0 fully saturated rings. The predicted octanol–water partition coefficient (Wildman–Crippen LogP) is 1.21. The lowest BCUT2D eigenvalue weighted by Gasteiger charge is -2.04. The summed E-state index contributed by atoms with van der Waals surface area (Å²) in [6.07, 6.45) is 0. The highest BCUT2D eigenvalue weighted by molar-refractivity contribution is 5.90. The number of rotatable bonds is 4. The lowest BCUT2D eigenvalue weighted by Crippen LogP contribution is -2.10. The minimum Gasteiger partial charge on any atom is -0.460 e. The molecule has 5 heteroatoms. The molecular formula is C10H12FNO3. The number of hydrogen-bond donors (Lipinski definition) is 1. The molecule has 15 heavy (non-hydrogen) atoms. The molecule has 0 aliphatic rings. The van der Waals surface area contributed by atoms with Crippen LogP contribution in [0.5, 0.6) is 0 Å². The Balaban J connectivity index is 2.62. The summed E-state index contributed by atoms with van der Waals surface area (Å²) >= 11 is 0. The van der Waals surface area contributed by atoms with Gasteiger partial charge in [-0.25, -0.2) is 9.18 Å². The molecule has 0 saturated heterocycles. The molecule has 0 aliphatic heterocycles. The van der Waals surface area contributed by atoms with Crippen molar-refractivity contribution >= 4 is 11.7 Å². The van der Waals surface area contributed by atoms with Gasteiger partial charge in [0, 0.05) is 7.11 Å². The van der Waals surface area contributed by atoms with Gasteiger partial charge in [0.25, 0.3) is 0 Å². The standard InChI is InChI=1S/C10H12FNO3/c1-14-4-5-15-10(13)7-2-3-8(11)9(12)6-7/h2-3,6H,4-5,12H2,1H3.